The van der Waals surface area contributed by atoms with Crippen LogP contribution in [-0.4, -0.2) is 23.7 Å². The van der Waals surface area contributed by atoms with Gasteiger partial charge in [0, 0.05) is 24.1 Å². The molecule has 0 radical (unpaired) electrons. The fourth-order valence-electron chi connectivity index (χ4n) is 2.43. The molecule has 1 aliphatic carbocycles. The fraction of sp³-hybridized carbons (Fsp3) is 0.429. The van der Waals surface area contributed by atoms with Crippen LogP contribution >= 0.6 is 0 Å². The van der Waals surface area contributed by atoms with Crippen molar-refractivity contribution >= 4 is 5.91 Å². The van der Waals surface area contributed by atoms with E-state index in [1.54, 1.807) is 24.3 Å². The first-order chi connectivity index (χ1) is 8.74. The first-order valence-electron chi connectivity index (χ1n) is 6.16. The van der Waals surface area contributed by atoms with Gasteiger partial charge in [-0.25, -0.2) is 0 Å². The van der Waals surface area contributed by atoms with Gasteiger partial charge in [0.15, 0.2) is 0 Å². The molecule has 2 N–H and O–H groups in total. The fourth-order valence-corrected chi connectivity index (χ4v) is 2.43. The lowest BCUT2D eigenvalue weighted by molar-refractivity contribution is 0.0916. The zero-order valence-electron chi connectivity index (χ0n) is 10.1. The second-order valence-electron chi connectivity index (χ2n) is 4.65. The number of nitrogens with one attached hydrogen (secondary N) is 1. The second kappa shape index (κ2) is 5.65. The zero-order valence-corrected chi connectivity index (χ0v) is 10.1. The maximum absolute atomic E-state index is 12.0. The molecule has 0 saturated heterocycles. The molecule has 1 aliphatic rings. The number of hydrogen-bond donors (Lipinski definition) is 2. The highest BCUT2D eigenvalue weighted by Crippen LogP contribution is 2.25. The van der Waals surface area contributed by atoms with Crippen molar-refractivity contribution in [3.63, 3.8) is 0 Å². The summed E-state index contributed by atoms with van der Waals surface area (Å²) in [7, 11) is 0. The van der Waals surface area contributed by atoms with E-state index in [1.807, 2.05) is 6.07 Å². The summed E-state index contributed by atoms with van der Waals surface area (Å²) in [5.74, 6) is -0.00875. The van der Waals surface area contributed by atoms with E-state index in [0.717, 1.165) is 19.3 Å². The van der Waals surface area contributed by atoms with Gasteiger partial charge in [-0.1, -0.05) is 12.5 Å². The Balaban J connectivity index is 2.05. The summed E-state index contributed by atoms with van der Waals surface area (Å²) in [6.45, 7) is 0.114. The maximum atomic E-state index is 12.0. The number of aliphatic hydroxyl groups excluding tert-OH is 1. The van der Waals surface area contributed by atoms with Gasteiger partial charge in [0.25, 0.3) is 5.91 Å². The highest BCUT2D eigenvalue weighted by atomic mass is 16.3. The number of hydrogen-bond acceptors (Lipinski definition) is 3. The third-order valence-electron chi connectivity index (χ3n) is 3.46. The Morgan fingerprint density at radius 3 is 3.06 bits per heavy atom. The van der Waals surface area contributed by atoms with Crippen LogP contribution in [-0.2, 0) is 0 Å². The molecule has 0 aliphatic heterocycles. The number of benzene rings is 1. The van der Waals surface area contributed by atoms with Crippen LogP contribution in [0.25, 0.3) is 0 Å². The van der Waals surface area contributed by atoms with Gasteiger partial charge in [-0.2, -0.15) is 5.26 Å². The summed E-state index contributed by atoms with van der Waals surface area (Å²) >= 11 is 0. The molecule has 1 aromatic carbocycles. The Bertz CT molecular complexity index is 479. The number of amides is 1. The Morgan fingerprint density at radius 2 is 2.33 bits per heavy atom. The van der Waals surface area contributed by atoms with Gasteiger partial charge < -0.3 is 10.4 Å². The van der Waals surface area contributed by atoms with Gasteiger partial charge >= 0.3 is 0 Å². The lowest BCUT2D eigenvalue weighted by atomic mass is 10.0. The highest BCUT2D eigenvalue weighted by molar-refractivity contribution is 5.94. The minimum atomic E-state index is -0.169. The van der Waals surface area contributed by atoms with E-state index in [9.17, 15) is 9.90 Å². The number of rotatable bonds is 3. The molecule has 0 spiro atoms. The average molecular weight is 244 g/mol. The number of nitrogens with zero attached hydrogens (tertiary/aromatic N) is 1. The SMILES string of the molecule is N#Cc1cccc(C(=O)NC2CCCC2CO)c1. The molecule has 18 heavy (non-hydrogen) atoms. The molecule has 1 saturated carbocycles. The van der Waals surface area contributed by atoms with Crippen molar-refractivity contribution in [3.05, 3.63) is 35.4 Å². The standard InChI is InChI=1S/C14H16N2O2/c15-8-10-3-1-4-11(7-10)14(18)16-13-6-2-5-12(13)9-17/h1,3-4,7,12-13,17H,2,5-6,9H2,(H,16,18). The van der Waals surface area contributed by atoms with E-state index in [1.165, 1.54) is 0 Å². The third kappa shape index (κ3) is 2.69. The summed E-state index contributed by atoms with van der Waals surface area (Å²) in [4.78, 5) is 12.0. The summed E-state index contributed by atoms with van der Waals surface area (Å²) in [5.41, 5.74) is 0.977. The summed E-state index contributed by atoms with van der Waals surface area (Å²) in [6.07, 6.45) is 2.91. The Labute approximate surface area is 106 Å². The molecule has 2 atom stereocenters. The molecule has 1 aromatic rings. The molecule has 0 bridgehead atoms. The predicted molar refractivity (Wildman–Crippen MR) is 66.8 cm³/mol. The smallest absolute Gasteiger partial charge is 0.251 e. The first-order valence-corrected chi connectivity index (χ1v) is 6.16. The van der Waals surface area contributed by atoms with Gasteiger partial charge in [0.1, 0.15) is 0 Å². The van der Waals surface area contributed by atoms with E-state index >= 15 is 0 Å². The van der Waals surface area contributed by atoms with Crippen molar-refractivity contribution in [1.82, 2.24) is 5.32 Å². The van der Waals surface area contributed by atoms with Crippen LogP contribution in [0.1, 0.15) is 35.2 Å². The van der Waals surface area contributed by atoms with E-state index in [2.05, 4.69) is 5.32 Å². The van der Waals surface area contributed by atoms with Crippen LogP contribution in [0.3, 0.4) is 0 Å². The molecular weight excluding hydrogens is 228 g/mol. The van der Waals surface area contributed by atoms with Crippen LogP contribution in [0, 0.1) is 17.2 Å². The minimum absolute atomic E-state index is 0.0493. The van der Waals surface area contributed by atoms with Gasteiger partial charge in [-0.3, -0.25) is 4.79 Å². The van der Waals surface area contributed by atoms with Crippen molar-refractivity contribution in [2.45, 2.75) is 25.3 Å². The summed E-state index contributed by atoms with van der Waals surface area (Å²) in [6, 6.07) is 8.71. The zero-order chi connectivity index (χ0) is 13.0. The molecule has 0 heterocycles. The van der Waals surface area contributed by atoms with Crippen LogP contribution in [0.5, 0.6) is 0 Å². The molecule has 2 rings (SSSR count). The largest absolute Gasteiger partial charge is 0.396 e. The first kappa shape index (κ1) is 12.6. The molecule has 0 aromatic heterocycles. The molecule has 1 fully saturated rings. The van der Waals surface area contributed by atoms with E-state index in [4.69, 9.17) is 5.26 Å². The Hall–Kier alpha value is -1.86. The molecule has 4 heteroatoms. The maximum Gasteiger partial charge on any atom is 0.251 e. The second-order valence-corrected chi connectivity index (χ2v) is 4.65. The Kier molecular flexibility index (Phi) is 3.96. The van der Waals surface area contributed by atoms with Gasteiger partial charge in [-0.15, -0.1) is 0 Å². The monoisotopic (exact) mass is 244 g/mol. The van der Waals surface area contributed by atoms with E-state index < -0.39 is 0 Å². The summed E-state index contributed by atoms with van der Waals surface area (Å²) < 4.78 is 0. The van der Waals surface area contributed by atoms with Crippen molar-refractivity contribution in [2.75, 3.05) is 6.61 Å². The van der Waals surface area contributed by atoms with Gasteiger partial charge in [-0.05, 0) is 31.0 Å². The number of aliphatic hydroxyl groups is 1. The topological polar surface area (TPSA) is 73.1 Å². The lowest BCUT2D eigenvalue weighted by Gasteiger charge is -2.19. The van der Waals surface area contributed by atoms with Crippen molar-refractivity contribution < 1.29 is 9.90 Å². The number of carbonyl (C=O) groups excluding carboxylic acids is 1. The molecular formula is C14H16N2O2. The number of nitriles is 1. The normalized spacial score (nSPS) is 22.4. The average Bonchev–Trinajstić information content (AvgIpc) is 2.86. The number of carbonyl (C=O) groups is 1. The third-order valence-corrected chi connectivity index (χ3v) is 3.46. The molecule has 2 unspecified atom stereocenters. The van der Waals surface area contributed by atoms with Crippen LogP contribution in [0.2, 0.25) is 0 Å². The van der Waals surface area contributed by atoms with Crippen molar-refractivity contribution in [1.29, 1.82) is 5.26 Å². The lowest BCUT2D eigenvalue weighted by Crippen LogP contribution is -2.38. The predicted octanol–water partition coefficient (Wildman–Crippen LogP) is 1.45. The quantitative estimate of drug-likeness (QED) is 0.845. The van der Waals surface area contributed by atoms with Gasteiger partial charge in [0.05, 0.1) is 11.6 Å². The van der Waals surface area contributed by atoms with E-state index in [0.29, 0.717) is 11.1 Å². The van der Waals surface area contributed by atoms with Crippen LogP contribution < -0.4 is 5.32 Å². The molecule has 94 valence electrons. The van der Waals surface area contributed by atoms with Crippen LogP contribution in [0.15, 0.2) is 24.3 Å². The Morgan fingerprint density at radius 1 is 1.50 bits per heavy atom. The van der Waals surface area contributed by atoms with Crippen molar-refractivity contribution in [2.24, 2.45) is 5.92 Å². The molecule has 1 amide bonds. The minimum Gasteiger partial charge on any atom is -0.396 e. The molecule has 4 nitrogen and oxygen atoms in total. The van der Waals surface area contributed by atoms with Crippen molar-refractivity contribution in [3.8, 4) is 6.07 Å². The van der Waals surface area contributed by atoms with Gasteiger partial charge in [0.2, 0.25) is 0 Å². The highest BCUT2D eigenvalue weighted by Gasteiger charge is 2.28. The summed E-state index contributed by atoms with van der Waals surface area (Å²) in [5, 5.41) is 20.9. The van der Waals surface area contributed by atoms with Crippen LogP contribution in [0.4, 0.5) is 0 Å². The van der Waals surface area contributed by atoms with E-state index in [-0.39, 0.29) is 24.5 Å².